The molecule has 1 aliphatic rings. The number of hydrogen-bond acceptors (Lipinski definition) is 5. The standard InChI is InChI=1S/C25H33N5.C2H6/c1-18-9-10-21(15-19(18)2)17-26-16-20-11-13-30(14-12-20)25-27-23-8-6-5-7-22(23)24(28-25)29(3)4;1-2/h5-10,15,20,26H,11-14,16-17H2,1-4H3;1-2H3. The topological polar surface area (TPSA) is 44.3 Å². The highest BCUT2D eigenvalue weighted by Gasteiger charge is 2.22. The van der Waals surface area contributed by atoms with E-state index in [1.807, 2.05) is 34.0 Å². The van der Waals surface area contributed by atoms with E-state index >= 15 is 0 Å². The summed E-state index contributed by atoms with van der Waals surface area (Å²) >= 11 is 0. The van der Waals surface area contributed by atoms with Crippen LogP contribution in [0.15, 0.2) is 42.5 Å². The van der Waals surface area contributed by atoms with Crippen molar-refractivity contribution in [2.45, 2.75) is 47.1 Å². The van der Waals surface area contributed by atoms with Crippen molar-refractivity contribution in [1.82, 2.24) is 15.3 Å². The van der Waals surface area contributed by atoms with Gasteiger partial charge in [-0.05, 0) is 68.0 Å². The predicted molar refractivity (Wildman–Crippen MR) is 138 cm³/mol. The number of nitrogens with zero attached hydrogens (tertiary/aromatic N) is 4. The van der Waals surface area contributed by atoms with Crippen molar-refractivity contribution in [2.75, 3.05) is 43.5 Å². The van der Waals surface area contributed by atoms with Crippen LogP contribution >= 0.6 is 0 Å². The van der Waals surface area contributed by atoms with Crippen molar-refractivity contribution in [1.29, 1.82) is 0 Å². The molecule has 2 aromatic carbocycles. The van der Waals surface area contributed by atoms with Crippen LogP contribution in [0.3, 0.4) is 0 Å². The van der Waals surface area contributed by atoms with E-state index in [4.69, 9.17) is 9.97 Å². The molecular formula is C27H39N5. The van der Waals surface area contributed by atoms with E-state index in [-0.39, 0.29) is 0 Å². The third kappa shape index (κ3) is 5.77. The van der Waals surface area contributed by atoms with Gasteiger partial charge in [-0.15, -0.1) is 0 Å². The highest BCUT2D eigenvalue weighted by Crippen LogP contribution is 2.27. The minimum atomic E-state index is 0.710. The average molecular weight is 434 g/mol. The molecular weight excluding hydrogens is 394 g/mol. The summed E-state index contributed by atoms with van der Waals surface area (Å²) in [4.78, 5) is 14.2. The van der Waals surface area contributed by atoms with Crippen LogP contribution in [0.5, 0.6) is 0 Å². The minimum Gasteiger partial charge on any atom is -0.362 e. The molecule has 0 spiro atoms. The molecule has 1 aliphatic heterocycles. The second kappa shape index (κ2) is 11.3. The summed E-state index contributed by atoms with van der Waals surface area (Å²) in [5.41, 5.74) is 5.12. The summed E-state index contributed by atoms with van der Waals surface area (Å²) in [6, 6.07) is 15.0. The molecule has 4 rings (SSSR count). The number of piperidine rings is 1. The van der Waals surface area contributed by atoms with E-state index in [1.54, 1.807) is 0 Å². The van der Waals surface area contributed by atoms with Gasteiger partial charge in [-0.1, -0.05) is 44.2 Å². The Morgan fingerprint density at radius 3 is 2.38 bits per heavy atom. The van der Waals surface area contributed by atoms with E-state index in [0.717, 1.165) is 48.8 Å². The largest absolute Gasteiger partial charge is 0.362 e. The Labute approximate surface area is 193 Å². The molecule has 1 fully saturated rings. The molecule has 1 N–H and O–H groups in total. The smallest absolute Gasteiger partial charge is 0.227 e. The zero-order valence-electron chi connectivity index (χ0n) is 20.7. The number of anilines is 2. The lowest BCUT2D eigenvalue weighted by Gasteiger charge is -2.32. The lowest BCUT2D eigenvalue weighted by atomic mass is 9.97. The summed E-state index contributed by atoms with van der Waals surface area (Å²) in [6.45, 7) is 12.4. The van der Waals surface area contributed by atoms with E-state index in [9.17, 15) is 0 Å². The molecule has 32 heavy (non-hydrogen) atoms. The van der Waals surface area contributed by atoms with Gasteiger partial charge in [-0.2, -0.15) is 4.98 Å². The van der Waals surface area contributed by atoms with Gasteiger partial charge in [0, 0.05) is 39.1 Å². The van der Waals surface area contributed by atoms with Crippen LogP contribution < -0.4 is 15.1 Å². The van der Waals surface area contributed by atoms with Crippen LogP contribution in [0.2, 0.25) is 0 Å². The first-order chi connectivity index (χ1) is 15.5. The first kappa shape index (κ1) is 24.0. The molecule has 0 bridgehead atoms. The van der Waals surface area contributed by atoms with E-state index in [1.165, 1.54) is 29.5 Å². The molecule has 1 aromatic heterocycles. The third-order valence-corrected chi connectivity index (χ3v) is 6.23. The zero-order chi connectivity index (χ0) is 23.1. The number of rotatable bonds is 6. The van der Waals surface area contributed by atoms with Gasteiger partial charge in [0.1, 0.15) is 5.82 Å². The quantitative estimate of drug-likeness (QED) is 0.568. The molecule has 0 radical (unpaired) electrons. The number of aryl methyl sites for hydroxylation is 2. The normalized spacial score (nSPS) is 14.2. The minimum absolute atomic E-state index is 0.710. The fourth-order valence-electron chi connectivity index (χ4n) is 4.20. The van der Waals surface area contributed by atoms with Gasteiger partial charge in [0.15, 0.2) is 0 Å². The Hall–Kier alpha value is -2.66. The van der Waals surface area contributed by atoms with Gasteiger partial charge in [0.05, 0.1) is 5.52 Å². The third-order valence-electron chi connectivity index (χ3n) is 6.23. The SMILES string of the molecule is CC.Cc1ccc(CNCC2CCN(c3nc(N(C)C)c4ccccc4n3)CC2)cc1C. The van der Waals surface area contributed by atoms with Crippen LogP contribution in [-0.4, -0.2) is 43.7 Å². The second-order valence-corrected chi connectivity index (χ2v) is 8.74. The number of para-hydroxylation sites is 1. The number of nitrogens with one attached hydrogen (secondary N) is 1. The molecule has 0 aliphatic carbocycles. The number of benzene rings is 2. The van der Waals surface area contributed by atoms with Gasteiger partial charge >= 0.3 is 0 Å². The lowest BCUT2D eigenvalue weighted by Crippen LogP contribution is -2.38. The van der Waals surface area contributed by atoms with Gasteiger partial charge in [0.2, 0.25) is 5.95 Å². The molecule has 5 heteroatoms. The molecule has 0 unspecified atom stereocenters. The maximum Gasteiger partial charge on any atom is 0.227 e. The van der Waals surface area contributed by atoms with Crippen molar-refractivity contribution in [2.24, 2.45) is 5.92 Å². The van der Waals surface area contributed by atoms with Crippen LogP contribution in [0.1, 0.15) is 43.4 Å². The van der Waals surface area contributed by atoms with Crippen LogP contribution in [0.4, 0.5) is 11.8 Å². The summed E-state index contributed by atoms with van der Waals surface area (Å²) in [6.07, 6.45) is 2.35. The Morgan fingerprint density at radius 1 is 0.969 bits per heavy atom. The predicted octanol–water partition coefficient (Wildman–Crippen LogP) is 5.35. The Kier molecular flexibility index (Phi) is 8.46. The molecule has 2 heterocycles. The highest BCUT2D eigenvalue weighted by atomic mass is 15.3. The van der Waals surface area contributed by atoms with Gasteiger partial charge in [-0.3, -0.25) is 0 Å². The molecule has 0 amide bonds. The maximum atomic E-state index is 4.89. The van der Waals surface area contributed by atoms with Gasteiger partial charge < -0.3 is 15.1 Å². The van der Waals surface area contributed by atoms with Crippen LogP contribution in [0, 0.1) is 19.8 Å². The Balaban J connectivity index is 0.00000141. The molecule has 0 saturated carbocycles. The molecule has 5 nitrogen and oxygen atoms in total. The van der Waals surface area contributed by atoms with E-state index in [0.29, 0.717) is 5.92 Å². The van der Waals surface area contributed by atoms with Crippen LogP contribution in [-0.2, 0) is 6.54 Å². The van der Waals surface area contributed by atoms with E-state index in [2.05, 4.69) is 65.4 Å². The summed E-state index contributed by atoms with van der Waals surface area (Å²) < 4.78 is 0. The first-order valence-electron chi connectivity index (χ1n) is 12.0. The maximum absolute atomic E-state index is 4.89. The summed E-state index contributed by atoms with van der Waals surface area (Å²) in [5, 5.41) is 4.77. The monoisotopic (exact) mass is 433 g/mol. The van der Waals surface area contributed by atoms with Crippen molar-refractivity contribution in [3.05, 3.63) is 59.2 Å². The second-order valence-electron chi connectivity index (χ2n) is 8.74. The molecule has 0 atom stereocenters. The Morgan fingerprint density at radius 2 is 1.69 bits per heavy atom. The van der Waals surface area contributed by atoms with Crippen LogP contribution in [0.25, 0.3) is 10.9 Å². The van der Waals surface area contributed by atoms with Crippen molar-refractivity contribution >= 4 is 22.7 Å². The molecule has 3 aromatic rings. The number of hydrogen-bond donors (Lipinski definition) is 1. The first-order valence-corrected chi connectivity index (χ1v) is 12.0. The number of aromatic nitrogens is 2. The summed E-state index contributed by atoms with van der Waals surface area (Å²) in [5.74, 6) is 2.56. The summed E-state index contributed by atoms with van der Waals surface area (Å²) in [7, 11) is 4.10. The van der Waals surface area contributed by atoms with Crippen molar-refractivity contribution < 1.29 is 0 Å². The number of fused-ring (bicyclic) bond motifs is 1. The molecule has 1 saturated heterocycles. The zero-order valence-corrected chi connectivity index (χ0v) is 20.7. The van der Waals surface area contributed by atoms with E-state index < -0.39 is 0 Å². The molecule has 172 valence electrons. The van der Waals surface area contributed by atoms with Gasteiger partial charge in [0.25, 0.3) is 0 Å². The van der Waals surface area contributed by atoms with Crippen molar-refractivity contribution in [3.8, 4) is 0 Å². The fraction of sp³-hybridized carbons (Fsp3) is 0.481. The Bertz CT molecular complexity index is 1010. The average Bonchev–Trinajstić information content (AvgIpc) is 2.82. The van der Waals surface area contributed by atoms with Gasteiger partial charge in [-0.25, -0.2) is 4.98 Å². The fourth-order valence-corrected chi connectivity index (χ4v) is 4.20. The highest BCUT2D eigenvalue weighted by molar-refractivity contribution is 5.90. The van der Waals surface area contributed by atoms with Crippen molar-refractivity contribution in [3.63, 3.8) is 0 Å². The lowest BCUT2D eigenvalue weighted by molar-refractivity contribution is 0.380.